The van der Waals surface area contributed by atoms with Crippen LogP contribution in [0, 0.1) is 0 Å². The molecule has 1 spiro atoms. The summed E-state index contributed by atoms with van der Waals surface area (Å²) in [6, 6.07) is 17.0. The van der Waals surface area contributed by atoms with Gasteiger partial charge in [0.1, 0.15) is 5.75 Å². The summed E-state index contributed by atoms with van der Waals surface area (Å²) in [6.07, 6.45) is 2.92. The molecule has 0 amide bonds. The number of nitrogens with one attached hydrogen (secondary N) is 2. The van der Waals surface area contributed by atoms with Gasteiger partial charge >= 0.3 is 0 Å². The molecule has 1 atom stereocenters. The predicted octanol–water partition coefficient (Wildman–Crippen LogP) is 3.22. The number of ether oxygens (including phenoxy) is 1. The zero-order valence-corrected chi connectivity index (χ0v) is 17.0. The Bertz CT molecular complexity index is 1110. The second kappa shape index (κ2) is 6.92. The van der Waals surface area contributed by atoms with Crippen LogP contribution in [0.4, 0.5) is 5.69 Å². The normalized spacial score (nSPS) is 20.2. The fourth-order valence-corrected chi connectivity index (χ4v) is 5.51. The highest BCUT2D eigenvalue weighted by atomic mass is 16.5. The van der Waals surface area contributed by atoms with Crippen LogP contribution in [0.1, 0.15) is 24.0 Å². The fraction of sp³-hybridized carbons (Fsp3) is 0.375. The van der Waals surface area contributed by atoms with Gasteiger partial charge in [-0.05, 0) is 56.1 Å². The molecule has 5 heteroatoms. The maximum atomic E-state index is 13.0. The second-order valence-corrected chi connectivity index (χ2v) is 8.30. The summed E-state index contributed by atoms with van der Waals surface area (Å²) in [5.41, 5.74) is 4.42. The van der Waals surface area contributed by atoms with Crippen LogP contribution in [0.5, 0.6) is 5.75 Å². The molecule has 1 unspecified atom stereocenters. The zero-order valence-electron chi connectivity index (χ0n) is 17.0. The number of benzene rings is 2. The Balaban J connectivity index is 1.59. The van der Waals surface area contributed by atoms with Crippen LogP contribution in [0.25, 0.3) is 10.9 Å². The molecule has 3 aromatic rings. The van der Waals surface area contributed by atoms with Gasteiger partial charge in [0.2, 0.25) is 0 Å². The summed E-state index contributed by atoms with van der Waals surface area (Å²) < 4.78 is 5.42. The fourth-order valence-electron chi connectivity index (χ4n) is 5.51. The van der Waals surface area contributed by atoms with E-state index in [1.165, 1.54) is 11.3 Å². The van der Waals surface area contributed by atoms with E-state index in [1.807, 2.05) is 24.3 Å². The zero-order chi connectivity index (χ0) is 20.0. The van der Waals surface area contributed by atoms with Crippen molar-refractivity contribution in [3.63, 3.8) is 0 Å². The van der Waals surface area contributed by atoms with E-state index in [1.54, 1.807) is 7.11 Å². The van der Waals surface area contributed by atoms with Gasteiger partial charge in [-0.2, -0.15) is 0 Å². The third-order valence-electron chi connectivity index (χ3n) is 6.97. The van der Waals surface area contributed by atoms with Crippen LogP contribution in [0.2, 0.25) is 0 Å². The van der Waals surface area contributed by atoms with Gasteiger partial charge in [0.25, 0.3) is 5.56 Å². The number of para-hydroxylation sites is 2. The van der Waals surface area contributed by atoms with Crippen molar-refractivity contribution in [1.29, 1.82) is 0 Å². The van der Waals surface area contributed by atoms with Crippen LogP contribution in [0.15, 0.2) is 53.3 Å². The molecule has 3 heterocycles. The highest BCUT2D eigenvalue weighted by Crippen LogP contribution is 2.50. The molecular weight excluding hydrogens is 362 g/mol. The van der Waals surface area contributed by atoms with Gasteiger partial charge in [-0.1, -0.05) is 30.3 Å². The van der Waals surface area contributed by atoms with E-state index >= 15 is 0 Å². The Labute approximate surface area is 170 Å². The van der Waals surface area contributed by atoms with E-state index in [0.29, 0.717) is 5.75 Å². The van der Waals surface area contributed by atoms with Crippen molar-refractivity contribution in [2.75, 3.05) is 32.1 Å². The van der Waals surface area contributed by atoms with Gasteiger partial charge in [-0.15, -0.1) is 0 Å². The molecule has 29 heavy (non-hydrogen) atoms. The van der Waals surface area contributed by atoms with Crippen LogP contribution in [0.3, 0.4) is 0 Å². The van der Waals surface area contributed by atoms with Gasteiger partial charge in [-0.25, -0.2) is 0 Å². The lowest BCUT2D eigenvalue weighted by atomic mass is 9.68. The molecule has 0 radical (unpaired) electrons. The van der Waals surface area contributed by atoms with E-state index in [4.69, 9.17) is 4.74 Å². The first kappa shape index (κ1) is 18.3. The summed E-state index contributed by atoms with van der Waals surface area (Å²) >= 11 is 0. The number of anilines is 1. The number of piperidine rings is 1. The molecule has 0 aliphatic carbocycles. The number of H-pyrrole nitrogens is 1. The Morgan fingerprint density at radius 2 is 1.93 bits per heavy atom. The number of hydrogen-bond donors (Lipinski definition) is 2. The van der Waals surface area contributed by atoms with Crippen molar-refractivity contribution in [2.24, 2.45) is 0 Å². The van der Waals surface area contributed by atoms with Crippen molar-refractivity contribution in [1.82, 2.24) is 10.3 Å². The van der Waals surface area contributed by atoms with E-state index in [-0.39, 0.29) is 17.0 Å². The number of aromatic amines is 1. The van der Waals surface area contributed by atoms with Crippen LogP contribution < -0.4 is 20.5 Å². The lowest BCUT2D eigenvalue weighted by molar-refractivity contribution is 0.266. The minimum Gasteiger partial charge on any atom is -0.495 e. The third kappa shape index (κ3) is 2.76. The largest absolute Gasteiger partial charge is 0.495 e. The summed E-state index contributed by atoms with van der Waals surface area (Å²) in [5.74, 6) is 0.700. The summed E-state index contributed by atoms with van der Waals surface area (Å²) in [6.45, 7) is 2.04. The molecule has 2 N–H and O–H groups in total. The minimum absolute atomic E-state index is 0.0181. The van der Waals surface area contributed by atoms with Gasteiger partial charge in [-0.3, -0.25) is 4.79 Å². The minimum atomic E-state index is -0.0181. The molecule has 2 aliphatic heterocycles. The first-order valence-electron chi connectivity index (χ1n) is 10.4. The Morgan fingerprint density at radius 1 is 1.14 bits per heavy atom. The SMILES string of the molecule is COc1cccc2cc(CC3N(C)c4ccccc4C34CCNCC4)c(=O)[nH]c12. The molecule has 2 aliphatic rings. The van der Waals surface area contributed by atoms with Crippen molar-refractivity contribution in [3.8, 4) is 5.75 Å². The quantitative estimate of drug-likeness (QED) is 0.722. The van der Waals surface area contributed by atoms with Gasteiger partial charge in [0.05, 0.1) is 12.6 Å². The summed E-state index contributed by atoms with van der Waals surface area (Å²) in [4.78, 5) is 18.5. The smallest absolute Gasteiger partial charge is 0.251 e. The standard InChI is InChI=1S/C24H27N3O2/c1-27-19-8-4-3-7-18(19)24(10-12-25-13-11-24)21(27)15-17-14-16-6-5-9-20(29-2)22(16)26-23(17)28/h3-9,14,21,25H,10-13,15H2,1-2H3,(H,26,28). The van der Waals surface area contributed by atoms with Crippen molar-refractivity contribution in [3.05, 3.63) is 70.0 Å². The van der Waals surface area contributed by atoms with E-state index in [0.717, 1.165) is 48.8 Å². The Kier molecular flexibility index (Phi) is 4.36. The summed E-state index contributed by atoms with van der Waals surface area (Å²) in [7, 11) is 3.81. The number of fused-ring (bicyclic) bond motifs is 3. The molecule has 5 nitrogen and oxygen atoms in total. The highest BCUT2D eigenvalue weighted by Gasteiger charge is 2.49. The van der Waals surface area contributed by atoms with Gasteiger partial charge in [0, 0.05) is 35.1 Å². The highest BCUT2D eigenvalue weighted by molar-refractivity contribution is 5.84. The van der Waals surface area contributed by atoms with E-state index in [9.17, 15) is 4.79 Å². The molecule has 5 rings (SSSR count). The number of methoxy groups -OCH3 is 1. The predicted molar refractivity (Wildman–Crippen MR) is 117 cm³/mol. The number of likely N-dealkylation sites (N-methyl/N-ethyl adjacent to an activating group) is 1. The second-order valence-electron chi connectivity index (χ2n) is 8.30. The van der Waals surface area contributed by atoms with Crippen molar-refractivity contribution in [2.45, 2.75) is 30.7 Å². The molecule has 1 saturated heterocycles. The molecule has 1 aromatic heterocycles. The van der Waals surface area contributed by atoms with Crippen LogP contribution >= 0.6 is 0 Å². The lowest BCUT2D eigenvalue weighted by Crippen LogP contribution is -2.51. The molecule has 0 saturated carbocycles. The van der Waals surface area contributed by atoms with Crippen LogP contribution in [-0.4, -0.2) is 38.3 Å². The first-order valence-corrected chi connectivity index (χ1v) is 10.4. The number of hydrogen-bond acceptors (Lipinski definition) is 4. The monoisotopic (exact) mass is 389 g/mol. The third-order valence-corrected chi connectivity index (χ3v) is 6.97. The Hall–Kier alpha value is -2.79. The first-order chi connectivity index (χ1) is 14.1. The maximum absolute atomic E-state index is 13.0. The van der Waals surface area contributed by atoms with Crippen molar-refractivity contribution >= 4 is 16.6 Å². The van der Waals surface area contributed by atoms with E-state index in [2.05, 4.69) is 46.5 Å². The molecular formula is C24H27N3O2. The molecule has 0 bridgehead atoms. The molecule has 150 valence electrons. The van der Waals surface area contributed by atoms with Crippen LogP contribution in [-0.2, 0) is 11.8 Å². The number of pyridine rings is 1. The number of nitrogens with zero attached hydrogens (tertiary/aromatic N) is 1. The molecule has 1 fully saturated rings. The van der Waals surface area contributed by atoms with Gasteiger partial charge < -0.3 is 19.9 Å². The van der Waals surface area contributed by atoms with Crippen molar-refractivity contribution < 1.29 is 4.74 Å². The van der Waals surface area contributed by atoms with Gasteiger partial charge in [0.15, 0.2) is 0 Å². The van der Waals surface area contributed by atoms with E-state index < -0.39 is 0 Å². The number of rotatable bonds is 3. The lowest BCUT2D eigenvalue weighted by Gasteiger charge is -2.41. The average molecular weight is 389 g/mol. The summed E-state index contributed by atoms with van der Waals surface area (Å²) in [5, 5.41) is 4.52. The maximum Gasteiger partial charge on any atom is 0.251 e. The topological polar surface area (TPSA) is 57.4 Å². The average Bonchev–Trinajstić information content (AvgIpc) is 2.97. The Morgan fingerprint density at radius 3 is 2.72 bits per heavy atom. The number of aromatic nitrogens is 1. The molecule has 2 aromatic carbocycles.